The quantitative estimate of drug-likeness (QED) is 0.449. The third-order valence-electron chi connectivity index (χ3n) is 1.28. The van der Waals surface area contributed by atoms with Crippen LogP contribution >= 0.6 is 11.6 Å². The predicted octanol–water partition coefficient (Wildman–Crippen LogP) is 1.94. The van der Waals surface area contributed by atoms with Crippen molar-refractivity contribution in [3.8, 4) is 0 Å². The molecule has 0 amide bonds. The van der Waals surface area contributed by atoms with Crippen LogP contribution in [-0.2, 0) is 0 Å². The van der Waals surface area contributed by atoms with E-state index in [0.717, 1.165) is 0 Å². The lowest BCUT2D eigenvalue weighted by Crippen LogP contribution is -2.41. The lowest BCUT2D eigenvalue weighted by Gasteiger charge is -2.19. The van der Waals surface area contributed by atoms with Crippen molar-refractivity contribution in [2.24, 2.45) is 11.5 Å². The minimum Gasteiger partial charge on any atom is -0.397 e. The molecule has 14 heavy (non-hydrogen) atoms. The SMILES string of the molecule is N/C(=C\CC(N)Cl)C(F)(F)C(F)(F)F. The highest BCUT2D eigenvalue weighted by atomic mass is 35.5. The molecule has 2 nitrogen and oxygen atoms in total. The molecule has 4 N–H and O–H groups in total. The summed E-state index contributed by atoms with van der Waals surface area (Å²) in [5.41, 5.74) is 6.85. The molecule has 0 bridgehead atoms. The Labute approximate surface area is 81.7 Å². The third kappa shape index (κ3) is 3.30. The van der Waals surface area contributed by atoms with Gasteiger partial charge in [-0.15, -0.1) is 11.6 Å². The molecule has 0 heterocycles. The van der Waals surface area contributed by atoms with E-state index in [4.69, 9.17) is 17.3 Å². The molecule has 0 rings (SSSR count). The summed E-state index contributed by atoms with van der Waals surface area (Å²) in [4.78, 5) is 0. The maximum Gasteiger partial charge on any atom is 0.459 e. The second kappa shape index (κ2) is 4.31. The summed E-state index contributed by atoms with van der Waals surface area (Å²) in [5.74, 6) is -5.04. The predicted molar refractivity (Wildman–Crippen MR) is 41.7 cm³/mol. The van der Waals surface area contributed by atoms with E-state index >= 15 is 0 Å². The second-order valence-electron chi connectivity index (χ2n) is 2.48. The van der Waals surface area contributed by atoms with E-state index in [1.165, 1.54) is 0 Å². The summed E-state index contributed by atoms with van der Waals surface area (Å²) in [6.07, 6.45) is -5.60. The second-order valence-corrected chi connectivity index (χ2v) is 3.04. The molecule has 1 unspecified atom stereocenters. The van der Waals surface area contributed by atoms with Crippen LogP contribution in [0.1, 0.15) is 6.42 Å². The topological polar surface area (TPSA) is 52.0 Å². The molecular weight excluding hydrogens is 231 g/mol. The summed E-state index contributed by atoms with van der Waals surface area (Å²) >= 11 is 5.14. The van der Waals surface area contributed by atoms with Crippen molar-refractivity contribution in [3.63, 3.8) is 0 Å². The fraction of sp³-hybridized carbons (Fsp3) is 0.667. The fourth-order valence-corrected chi connectivity index (χ4v) is 0.620. The Morgan fingerprint density at radius 1 is 1.29 bits per heavy atom. The molecule has 0 aliphatic carbocycles. The first-order valence-electron chi connectivity index (χ1n) is 3.39. The largest absolute Gasteiger partial charge is 0.459 e. The van der Waals surface area contributed by atoms with Crippen molar-refractivity contribution >= 4 is 11.6 Å². The van der Waals surface area contributed by atoms with Gasteiger partial charge < -0.3 is 11.5 Å². The number of hydrogen-bond donors (Lipinski definition) is 2. The van der Waals surface area contributed by atoms with Gasteiger partial charge >= 0.3 is 12.1 Å². The highest BCUT2D eigenvalue weighted by molar-refractivity contribution is 6.20. The van der Waals surface area contributed by atoms with E-state index in [1.807, 2.05) is 0 Å². The molecular formula is C6H8ClF5N2. The van der Waals surface area contributed by atoms with Crippen molar-refractivity contribution in [2.45, 2.75) is 24.0 Å². The van der Waals surface area contributed by atoms with Crippen LogP contribution in [0.2, 0.25) is 0 Å². The van der Waals surface area contributed by atoms with E-state index in [0.29, 0.717) is 6.08 Å². The van der Waals surface area contributed by atoms with Gasteiger partial charge in [-0.3, -0.25) is 0 Å². The van der Waals surface area contributed by atoms with E-state index in [9.17, 15) is 22.0 Å². The standard InChI is InChI=1S/C6H8ClF5N2/c7-4(14)2-1-3(13)5(8,9)6(10,11)12/h1,4H,2,13-14H2/b3-1-. The zero-order chi connectivity index (χ0) is 11.6. The first kappa shape index (κ1) is 13.4. The van der Waals surface area contributed by atoms with Gasteiger partial charge in [0, 0.05) is 0 Å². The lowest BCUT2D eigenvalue weighted by molar-refractivity contribution is -0.264. The smallest absolute Gasteiger partial charge is 0.397 e. The molecule has 0 aromatic carbocycles. The molecule has 0 spiro atoms. The first-order valence-corrected chi connectivity index (χ1v) is 3.83. The van der Waals surface area contributed by atoms with Crippen LogP contribution in [0.5, 0.6) is 0 Å². The molecule has 0 fully saturated rings. The van der Waals surface area contributed by atoms with Gasteiger partial charge in [-0.25, -0.2) is 0 Å². The molecule has 84 valence electrons. The number of allylic oxidation sites excluding steroid dienone is 1. The summed E-state index contributed by atoms with van der Waals surface area (Å²) in [5, 5.41) is 0. The van der Waals surface area contributed by atoms with Gasteiger partial charge in [0.2, 0.25) is 0 Å². The number of rotatable bonds is 3. The molecule has 0 aliphatic rings. The Morgan fingerprint density at radius 3 is 2.00 bits per heavy atom. The van der Waals surface area contributed by atoms with Crippen molar-refractivity contribution in [1.29, 1.82) is 0 Å². The molecule has 0 aromatic rings. The number of hydrogen-bond acceptors (Lipinski definition) is 2. The van der Waals surface area contributed by atoms with E-state index in [-0.39, 0.29) is 6.42 Å². The zero-order valence-electron chi connectivity index (χ0n) is 6.78. The third-order valence-corrected chi connectivity index (χ3v) is 1.46. The van der Waals surface area contributed by atoms with E-state index < -0.39 is 23.3 Å². The Kier molecular flexibility index (Phi) is 4.14. The van der Waals surface area contributed by atoms with E-state index in [2.05, 4.69) is 5.73 Å². The summed E-state index contributed by atoms with van der Waals surface area (Å²) in [6.45, 7) is 0. The average molecular weight is 239 g/mol. The monoisotopic (exact) mass is 238 g/mol. The van der Waals surface area contributed by atoms with Gasteiger partial charge in [0.05, 0.1) is 11.2 Å². The Bertz CT molecular complexity index is 223. The lowest BCUT2D eigenvalue weighted by atomic mass is 10.2. The number of nitrogens with two attached hydrogens (primary N) is 2. The van der Waals surface area contributed by atoms with Gasteiger partial charge in [-0.05, 0) is 6.42 Å². The van der Waals surface area contributed by atoms with Crippen LogP contribution in [0.3, 0.4) is 0 Å². The molecule has 0 aliphatic heterocycles. The van der Waals surface area contributed by atoms with Crippen LogP contribution in [0.25, 0.3) is 0 Å². The maximum absolute atomic E-state index is 12.4. The molecule has 0 saturated heterocycles. The molecule has 0 saturated carbocycles. The van der Waals surface area contributed by atoms with Crippen molar-refractivity contribution in [1.82, 2.24) is 0 Å². The van der Waals surface area contributed by atoms with Crippen molar-refractivity contribution in [3.05, 3.63) is 11.8 Å². The summed E-state index contributed by atoms with van der Waals surface area (Å²) in [7, 11) is 0. The van der Waals surface area contributed by atoms with Gasteiger partial charge in [0.1, 0.15) is 0 Å². The van der Waals surface area contributed by atoms with Gasteiger partial charge in [-0.1, -0.05) is 6.08 Å². The molecule has 8 heteroatoms. The first-order chi connectivity index (χ1) is 6.09. The normalized spacial score (nSPS) is 16.9. The summed E-state index contributed by atoms with van der Waals surface area (Å²) in [6, 6.07) is 0. The summed E-state index contributed by atoms with van der Waals surface area (Å²) < 4.78 is 59.8. The molecule has 0 radical (unpaired) electrons. The number of halogens is 6. The van der Waals surface area contributed by atoms with Crippen LogP contribution in [0.15, 0.2) is 11.8 Å². The van der Waals surface area contributed by atoms with Crippen LogP contribution < -0.4 is 11.5 Å². The van der Waals surface area contributed by atoms with Gasteiger partial charge in [0.15, 0.2) is 0 Å². The Hall–Kier alpha value is -0.560. The van der Waals surface area contributed by atoms with Crippen molar-refractivity contribution in [2.75, 3.05) is 0 Å². The minimum absolute atomic E-state index is 0.362. The average Bonchev–Trinajstić information content (AvgIpc) is 1.97. The zero-order valence-corrected chi connectivity index (χ0v) is 7.54. The van der Waals surface area contributed by atoms with Crippen molar-refractivity contribution < 1.29 is 22.0 Å². The molecule has 1 atom stereocenters. The van der Waals surface area contributed by atoms with Crippen LogP contribution in [0.4, 0.5) is 22.0 Å². The van der Waals surface area contributed by atoms with Gasteiger partial charge in [-0.2, -0.15) is 22.0 Å². The fourth-order valence-electron chi connectivity index (χ4n) is 0.531. The van der Waals surface area contributed by atoms with Gasteiger partial charge in [0.25, 0.3) is 0 Å². The minimum atomic E-state index is -5.70. The Balaban J connectivity index is 4.66. The Morgan fingerprint density at radius 2 is 1.71 bits per heavy atom. The number of alkyl halides is 6. The van der Waals surface area contributed by atoms with E-state index in [1.54, 1.807) is 0 Å². The van der Waals surface area contributed by atoms with Crippen LogP contribution in [-0.4, -0.2) is 17.6 Å². The van der Waals surface area contributed by atoms with Crippen LogP contribution in [0, 0.1) is 0 Å². The molecule has 0 aromatic heterocycles. The maximum atomic E-state index is 12.4. The highest BCUT2D eigenvalue weighted by Crippen LogP contribution is 2.39. The highest BCUT2D eigenvalue weighted by Gasteiger charge is 2.59.